The molecule has 0 aliphatic carbocycles. The SMILES string of the molecule is COC(=O)c1ccccc1NC(=O)CN1CC=C(c2ccccc2)CC1. The molecule has 1 aliphatic heterocycles. The second kappa shape index (κ2) is 8.45. The molecule has 0 saturated carbocycles. The van der Waals surface area contributed by atoms with E-state index >= 15 is 0 Å². The van der Waals surface area contributed by atoms with Gasteiger partial charge in [0.2, 0.25) is 5.91 Å². The van der Waals surface area contributed by atoms with Crippen molar-refractivity contribution in [3.8, 4) is 0 Å². The summed E-state index contributed by atoms with van der Waals surface area (Å²) < 4.78 is 4.75. The van der Waals surface area contributed by atoms with Crippen LogP contribution in [0.15, 0.2) is 60.7 Å². The third kappa shape index (κ3) is 4.37. The van der Waals surface area contributed by atoms with Crippen molar-refractivity contribution < 1.29 is 14.3 Å². The molecule has 2 aromatic rings. The van der Waals surface area contributed by atoms with Gasteiger partial charge in [-0.1, -0.05) is 48.5 Å². The largest absolute Gasteiger partial charge is 0.465 e. The number of nitrogens with zero attached hydrogens (tertiary/aromatic N) is 1. The summed E-state index contributed by atoms with van der Waals surface area (Å²) in [6.07, 6.45) is 3.09. The van der Waals surface area contributed by atoms with Crippen molar-refractivity contribution in [3.63, 3.8) is 0 Å². The van der Waals surface area contributed by atoms with Gasteiger partial charge in [0.25, 0.3) is 0 Å². The number of anilines is 1. The predicted molar refractivity (Wildman–Crippen MR) is 102 cm³/mol. The number of hydrogen-bond acceptors (Lipinski definition) is 4. The Kier molecular flexibility index (Phi) is 5.81. The quantitative estimate of drug-likeness (QED) is 0.842. The minimum absolute atomic E-state index is 0.141. The molecule has 0 unspecified atom stereocenters. The van der Waals surface area contributed by atoms with Gasteiger partial charge in [-0.15, -0.1) is 0 Å². The van der Waals surface area contributed by atoms with Crippen molar-refractivity contribution >= 4 is 23.1 Å². The maximum atomic E-state index is 12.4. The minimum Gasteiger partial charge on any atom is -0.465 e. The Morgan fingerprint density at radius 3 is 2.50 bits per heavy atom. The minimum atomic E-state index is -0.464. The number of hydrogen-bond donors (Lipinski definition) is 1. The van der Waals surface area contributed by atoms with E-state index in [1.165, 1.54) is 18.2 Å². The molecule has 0 radical (unpaired) electrons. The van der Waals surface area contributed by atoms with Gasteiger partial charge < -0.3 is 10.1 Å². The monoisotopic (exact) mass is 350 g/mol. The summed E-state index contributed by atoms with van der Waals surface area (Å²) in [5.41, 5.74) is 3.39. The van der Waals surface area contributed by atoms with Gasteiger partial charge in [0, 0.05) is 13.1 Å². The first-order valence-electron chi connectivity index (χ1n) is 8.61. The van der Waals surface area contributed by atoms with Crippen molar-refractivity contribution in [2.75, 3.05) is 32.1 Å². The van der Waals surface area contributed by atoms with Crippen LogP contribution in [0.5, 0.6) is 0 Å². The fraction of sp³-hybridized carbons (Fsp3) is 0.238. The summed E-state index contributed by atoms with van der Waals surface area (Å²) in [5.74, 6) is -0.604. The average Bonchev–Trinajstić information content (AvgIpc) is 2.69. The summed E-state index contributed by atoms with van der Waals surface area (Å²) in [6, 6.07) is 17.2. The molecule has 0 atom stereocenters. The molecule has 1 N–H and O–H groups in total. The van der Waals surface area contributed by atoms with E-state index in [2.05, 4.69) is 28.4 Å². The standard InChI is InChI=1S/C21H22N2O3/c1-26-21(25)18-9-5-6-10-19(18)22-20(24)15-23-13-11-17(12-14-23)16-7-3-2-4-8-16/h2-11H,12-15H2,1H3,(H,22,24). The summed E-state index contributed by atoms with van der Waals surface area (Å²) in [6.45, 7) is 1.84. The molecule has 1 heterocycles. The highest BCUT2D eigenvalue weighted by molar-refractivity contribution is 6.01. The van der Waals surface area contributed by atoms with Crippen LogP contribution in [0.25, 0.3) is 5.57 Å². The van der Waals surface area contributed by atoms with Gasteiger partial charge in [0.05, 0.1) is 24.9 Å². The molecule has 0 saturated heterocycles. The Balaban J connectivity index is 1.59. The van der Waals surface area contributed by atoms with Crippen LogP contribution < -0.4 is 5.32 Å². The number of nitrogens with one attached hydrogen (secondary N) is 1. The fourth-order valence-corrected chi connectivity index (χ4v) is 3.04. The highest BCUT2D eigenvalue weighted by atomic mass is 16.5. The van der Waals surface area contributed by atoms with Gasteiger partial charge in [-0.3, -0.25) is 9.69 Å². The molecule has 5 heteroatoms. The number of para-hydroxylation sites is 1. The first-order valence-corrected chi connectivity index (χ1v) is 8.61. The molecule has 0 spiro atoms. The van der Waals surface area contributed by atoms with Crippen LogP contribution in [0.2, 0.25) is 0 Å². The Labute approximate surface area is 153 Å². The molecule has 0 bridgehead atoms. The van der Waals surface area contributed by atoms with E-state index in [1.54, 1.807) is 24.3 Å². The van der Waals surface area contributed by atoms with E-state index in [-0.39, 0.29) is 12.5 Å². The molecular formula is C21H22N2O3. The van der Waals surface area contributed by atoms with Crippen molar-refractivity contribution in [2.45, 2.75) is 6.42 Å². The van der Waals surface area contributed by atoms with Gasteiger partial charge in [0.1, 0.15) is 0 Å². The van der Waals surface area contributed by atoms with Crippen LogP contribution in [0, 0.1) is 0 Å². The number of benzene rings is 2. The molecule has 134 valence electrons. The first kappa shape index (κ1) is 17.9. The summed E-state index contributed by atoms with van der Waals surface area (Å²) >= 11 is 0. The predicted octanol–water partition coefficient (Wildman–Crippen LogP) is 3.20. The van der Waals surface area contributed by atoms with E-state index in [9.17, 15) is 9.59 Å². The van der Waals surface area contributed by atoms with Crippen LogP contribution >= 0.6 is 0 Å². The van der Waals surface area contributed by atoms with Gasteiger partial charge in [0.15, 0.2) is 0 Å². The number of ether oxygens (including phenoxy) is 1. The lowest BCUT2D eigenvalue weighted by Crippen LogP contribution is -2.36. The third-order valence-corrected chi connectivity index (χ3v) is 4.41. The summed E-state index contributed by atoms with van der Waals surface area (Å²) in [7, 11) is 1.32. The molecule has 5 nitrogen and oxygen atoms in total. The van der Waals surface area contributed by atoms with E-state index in [0.717, 1.165) is 19.5 Å². The Morgan fingerprint density at radius 2 is 1.81 bits per heavy atom. The Morgan fingerprint density at radius 1 is 1.08 bits per heavy atom. The van der Waals surface area contributed by atoms with E-state index < -0.39 is 5.97 Å². The van der Waals surface area contributed by atoms with E-state index in [1.807, 2.05) is 18.2 Å². The summed E-state index contributed by atoms with van der Waals surface area (Å²) in [4.78, 5) is 26.2. The zero-order chi connectivity index (χ0) is 18.4. The van der Waals surface area contributed by atoms with Crippen molar-refractivity contribution in [2.24, 2.45) is 0 Å². The maximum absolute atomic E-state index is 12.4. The average molecular weight is 350 g/mol. The van der Waals surface area contributed by atoms with Gasteiger partial charge in [-0.2, -0.15) is 0 Å². The molecule has 0 aromatic heterocycles. The zero-order valence-corrected chi connectivity index (χ0v) is 14.8. The lowest BCUT2D eigenvalue weighted by molar-refractivity contribution is -0.117. The molecule has 0 fully saturated rings. The molecule has 3 rings (SSSR count). The number of esters is 1. The van der Waals surface area contributed by atoms with E-state index in [4.69, 9.17) is 4.74 Å². The third-order valence-electron chi connectivity index (χ3n) is 4.41. The number of carbonyl (C=O) groups excluding carboxylic acids is 2. The van der Waals surface area contributed by atoms with Crippen LogP contribution in [-0.2, 0) is 9.53 Å². The second-order valence-corrected chi connectivity index (χ2v) is 6.17. The Hall–Kier alpha value is -2.92. The molecule has 2 aromatic carbocycles. The van der Waals surface area contributed by atoms with Crippen LogP contribution in [-0.4, -0.2) is 43.5 Å². The number of rotatable bonds is 5. The van der Waals surface area contributed by atoms with E-state index in [0.29, 0.717) is 11.3 Å². The maximum Gasteiger partial charge on any atom is 0.339 e. The highest BCUT2D eigenvalue weighted by Crippen LogP contribution is 2.22. The topological polar surface area (TPSA) is 58.6 Å². The van der Waals surface area contributed by atoms with Gasteiger partial charge in [-0.05, 0) is 29.7 Å². The smallest absolute Gasteiger partial charge is 0.339 e. The van der Waals surface area contributed by atoms with Crippen molar-refractivity contribution in [3.05, 3.63) is 71.8 Å². The fourth-order valence-electron chi connectivity index (χ4n) is 3.04. The highest BCUT2D eigenvalue weighted by Gasteiger charge is 2.17. The van der Waals surface area contributed by atoms with Crippen LogP contribution in [0.1, 0.15) is 22.3 Å². The van der Waals surface area contributed by atoms with Crippen LogP contribution in [0.4, 0.5) is 5.69 Å². The zero-order valence-electron chi connectivity index (χ0n) is 14.8. The first-order chi connectivity index (χ1) is 12.7. The number of methoxy groups -OCH3 is 1. The van der Waals surface area contributed by atoms with Crippen LogP contribution in [0.3, 0.4) is 0 Å². The van der Waals surface area contributed by atoms with Crippen molar-refractivity contribution in [1.29, 1.82) is 0 Å². The molecule has 1 aliphatic rings. The van der Waals surface area contributed by atoms with Crippen molar-refractivity contribution in [1.82, 2.24) is 4.90 Å². The Bertz CT molecular complexity index is 815. The normalized spacial score (nSPS) is 14.4. The molecule has 26 heavy (non-hydrogen) atoms. The molecule has 1 amide bonds. The lowest BCUT2D eigenvalue weighted by Gasteiger charge is -2.26. The van der Waals surface area contributed by atoms with Gasteiger partial charge >= 0.3 is 5.97 Å². The lowest BCUT2D eigenvalue weighted by atomic mass is 10.00. The van der Waals surface area contributed by atoms with Gasteiger partial charge in [-0.25, -0.2) is 4.79 Å². The number of amides is 1. The summed E-state index contributed by atoms with van der Waals surface area (Å²) in [5, 5.41) is 2.81. The number of carbonyl (C=O) groups is 2. The second-order valence-electron chi connectivity index (χ2n) is 6.17. The molecular weight excluding hydrogens is 328 g/mol.